The second kappa shape index (κ2) is 6.33. The van der Waals surface area contributed by atoms with Gasteiger partial charge in [0.2, 0.25) is 5.76 Å². The molecular weight excluding hydrogens is 208 g/mol. The predicted octanol–water partition coefficient (Wildman–Crippen LogP) is 3.32. The van der Waals surface area contributed by atoms with Gasteiger partial charge in [-0.25, -0.2) is 4.79 Å². The summed E-state index contributed by atoms with van der Waals surface area (Å²) in [4.78, 5) is 10.5. The molecule has 0 aliphatic carbocycles. The van der Waals surface area contributed by atoms with Crippen LogP contribution in [-0.4, -0.2) is 16.7 Å². The van der Waals surface area contributed by atoms with Gasteiger partial charge < -0.3 is 14.3 Å². The van der Waals surface area contributed by atoms with E-state index in [4.69, 9.17) is 14.3 Å². The van der Waals surface area contributed by atoms with E-state index in [2.05, 4.69) is 0 Å². The first-order valence-corrected chi connectivity index (χ1v) is 5.33. The highest BCUT2D eigenvalue weighted by atomic mass is 16.5. The maximum atomic E-state index is 10.5. The van der Waals surface area contributed by atoms with Crippen molar-refractivity contribution in [3.63, 3.8) is 0 Å². The molecule has 0 spiro atoms. The lowest BCUT2D eigenvalue weighted by atomic mass is 10.2. The van der Waals surface area contributed by atoms with Crippen LogP contribution in [0.1, 0.15) is 50.7 Å². The first-order valence-electron chi connectivity index (χ1n) is 5.33. The summed E-state index contributed by atoms with van der Waals surface area (Å²) in [6.07, 6.45) is 1.40. The van der Waals surface area contributed by atoms with Crippen LogP contribution < -0.4 is 0 Å². The van der Waals surface area contributed by atoms with Crippen LogP contribution in [0.4, 0.5) is 0 Å². The van der Waals surface area contributed by atoms with Crippen molar-refractivity contribution in [2.75, 3.05) is 0 Å². The van der Waals surface area contributed by atoms with Gasteiger partial charge in [0, 0.05) is 5.56 Å². The Morgan fingerprint density at radius 3 is 2.38 bits per heavy atom. The van der Waals surface area contributed by atoms with Gasteiger partial charge in [-0.05, 0) is 26.8 Å². The largest absolute Gasteiger partial charge is 0.475 e. The lowest BCUT2D eigenvalue weighted by Gasteiger charge is -2.18. The Morgan fingerprint density at radius 2 is 2.00 bits per heavy atom. The number of ether oxygens (including phenoxy) is 1. The summed E-state index contributed by atoms with van der Waals surface area (Å²) in [6, 6.07) is 1.47. The highest BCUT2D eigenvalue weighted by Crippen LogP contribution is 2.14. The van der Waals surface area contributed by atoms with Gasteiger partial charge in [0.15, 0.2) is 0 Å². The molecule has 16 heavy (non-hydrogen) atoms. The number of hydrogen-bond donors (Lipinski definition) is 1. The molecule has 0 bridgehead atoms. The molecule has 0 amide bonds. The molecule has 0 saturated heterocycles. The monoisotopic (exact) mass is 228 g/mol. The van der Waals surface area contributed by atoms with Crippen molar-refractivity contribution >= 4 is 5.97 Å². The van der Waals surface area contributed by atoms with Crippen molar-refractivity contribution in [1.82, 2.24) is 0 Å². The number of furan rings is 1. The van der Waals surface area contributed by atoms with Crippen LogP contribution in [0.2, 0.25) is 0 Å². The summed E-state index contributed by atoms with van der Waals surface area (Å²) in [7, 11) is 0. The van der Waals surface area contributed by atoms with Crippen LogP contribution >= 0.6 is 0 Å². The van der Waals surface area contributed by atoms with Gasteiger partial charge in [-0.2, -0.15) is 0 Å². The second-order valence-corrected chi connectivity index (χ2v) is 4.03. The van der Waals surface area contributed by atoms with Gasteiger partial charge in [-0.15, -0.1) is 0 Å². The average molecular weight is 228 g/mol. The number of aromatic carboxylic acids is 1. The number of carboxylic acid groups (broad SMARTS) is 1. The normalized spacial score (nSPS) is 10.6. The van der Waals surface area contributed by atoms with E-state index in [9.17, 15) is 4.79 Å². The van der Waals surface area contributed by atoms with Crippen molar-refractivity contribution in [3.8, 4) is 0 Å². The lowest BCUT2D eigenvalue weighted by Crippen LogP contribution is -2.18. The first-order chi connectivity index (χ1) is 7.38. The lowest BCUT2D eigenvalue weighted by molar-refractivity contribution is -0.0151. The van der Waals surface area contributed by atoms with Crippen LogP contribution in [0.5, 0.6) is 0 Å². The minimum Gasteiger partial charge on any atom is -0.475 e. The Morgan fingerprint density at radius 1 is 1.44 bits per heavy atom. The molecule has 4 heteroatoms. The van der Waals surface area contributed by atoms with Gasteiger partial charge in [0.1, 0.15) is 0 Å². The summed E-state index contributed by atoms with van der Waals surface area (Å²) in [5.41, 5.74) is 0.498. The Labute approximate surface area is 96.2 Å². The molecule has 0 aliphatic rings. The molecule has 0 unspecified atom stereocenters. The SMILES string of the molecule is CC.CC(C)(C)OCc1coc(C(=O)O)c1. The Balaban J connectivity index is 0.00000106. The Bertz CT molecular complexity index is 320. The van der Waals surface area contributed by atoms with Crippen LogP contribution in [0.15, 0.2) is 16.7 Å². The minimum absolute atomic E-state index is 0.0579. The molecule has 92 valence electrons. The maximum absolute atomic E-state index is 10.5. The van der Waals surface area contributed by atoms with Gasteiger partial charge in [0.25, 0.3) is 0 Å². The zero-order valence-corrected chi connectivity index (χ0v) is 10.5. The fraction of sp³-hybridized carbons (Fsp3) is 0.583. The van der Waals surface area contributed by atoms with Gasteiger partial charge in [0.05, 0.1) is 18.5 Å². The van der Waals surface area contributed by atoms with E-state index in [0.29, 0.717) is 6.61 Å². The van der Waals surface area contributed by atoms with E-state index < -0.39 is 5.97 Å². The van der Waals surface area contributed by atoms with Crippen molar-refractivity contribution in [2.45, 2.75) is 46.8 Å². The van der Waals surface area contributed by atoms with Crippen molar-refractivity contribution < 1.29 is 19.1 Å². The minimum atomic E-state index is -1.06. The quantitative estimate of drug-likeness (QED) is 0.862. The smallest absolute Gasteiger partial charge is 0.371 e. The zero-order valence-electron chi connectivity index (χ0n) is 10.5. The molecule has 1 aromatic rings. The van der Waals surface area contributed by atoms with Crippen LogP contribution in [0.3, 0.4) is 0 Å². The summed E-state index contributed by atoms with van der Waals surface area (Å²) in [5.74, 6) is -1.12. The highest BCUT2D eigenvalue weighted by Gasteiger charge is 2.13. The van der Waals surface area contributed by atoms with E-state index in [1.54, 1.807) is 0 Å². The van der Waals surface area contributed by atoms with Gasteiger partial charge in [-0.3, -0.25) is 0 Å². The van der Waals surface area contributed by atoms with E-state index in [0.717, 1.165) is 5.56 Å². The van der Waals surface area contributed by atoms with Gasteiger partial charge in [-0.1, -0.05) is 13.8 Å². The highest BCUT2D eigenvalue weighted by molar-refractivity contribution is 5.84. The van der Waals surface area contributed by atoms with Gasteiger partial charge >= 0.3 is 5.97 Å². The number of carbonyl (C=O) groups is 1. The molecule has 0 aliphatic heterocycles. The molecule has 1 heterocycles. The molecule has 0 atom stereocenters. The standard InChI is InChI=1S/C10H14O4.C2H6/c1-10(2,3)14-6-7-4-8(9(11)12)13-5-7;1-2/h4-5H,6H2,1-3H3,(H,11,12);1-2H3. The molecule has 4 nitrogen and oxygen atoms in total. The van der Waals surface area contributed by atoms with E-state index in [1.807, 2.05) is 34.6 Å². The molecular formula is C12H20O4. The number of rotatable bonds is 3. The topological polar surface area (TPSA) is 59.7 Å². The van der Waals surface area contributed by atoms with Crippen LogP contribution in [0.25, 0.3) is 0 Å². The summed E-state index contributed by atoms with van der Waals surface area (Å²) in [6.45, 7) is 10.2. The van der Waals surface area contributed by atoms with E-state index >= 15 is 0 Å². The van der Waals surface area contributed by atoms with Crippen molar-refractivity contribution in [1.29, 1.82) is 0 Å². The molecule has 0 aromatic carbocycles. The van der Waals surface area contributed by atoms with Crippen molar-refractivity contribution in [3.05, 3.63) is 23.7 Å². The third-order valence-electron chi connectivity index (χ3n) is 1.54. The zero-order chi connectivity index (χ0) is 12.8. The number of hydrogen-bond acceptors (Lipinski definition) is 3. The summed E-state index contributed by atoms with van der Waals surface area (Å²) >= 11 is 0. The van der Waals surface area contributed by atoms with Crippen LogP contribution in [0, 0.1) is 0 Å². The molecule has 1 N–H and O–H groups in total. The summed E-state index contributed by atoms with van der Waals surface area (Å²) < 4.78 is 10.3. The molecule has 0 fully saturated rings. The van der Waals surface area contributed by atoms with Crippen LogP contribution in [-0.2, 0) is 11.3 Å². The van der Waals surface area contributed by atoms with E-state index in [-0.39, 0.29) is 11.4 Å². The fourth-order valence-corrected chi connectivity index (χ4v) is 0.863. The number of carboxylic acids is 1. The first kappa shape index (κ1) is 14.7. The second-order valence-electron chi connectivity index (χ2n) is 4.03. The average Bonchev–Trinajstić information content (AvgIpc) is 2.65. The Kier molecular flexibility index (Phi) is 5.82. The fourth-order valence-electron chi connectivity index (χ4n) is 0.863. The molecule has 0 saturated carbocycles. The molecule has 1 aromatic heterocycles. The molecule has 1 rings (SSSR count). The summed E-state index contributed by atoms with van der Waals surface area (Å²) in [5, 5.41) is 8.59. The third kappa shape index (κ3) is 5.56. The third-order valence-corrected chi connectivity index (χ3v) is 1.54. The van der Waals surface area contributed by atoms with E-state index in [1.165, 1.54) is 12.3 Å². The molecule has 0 radical (unpaired) electrons. The predicted molar refractivity (Wildman–Crippen MR) is 61.6 cm³/mol. The Hall–Kier alpha value is -1.29. The maximum Gasteiger partial charge on any atom is 0.371 e. The van der Waals surface area contributed by atoms with Crippen molar-refractivity contribution in [2.24, 2.45) is 0 Å².